The molecule has 6 nitrogen and oxygen atoms in total. The van der Waals surface area contributed by atoms with E-state index in [2.05, 4.69) is 42.6 Å². The largest absolute Gasteiger partial charge is 0.363 e. The lowest BCUT2D eigenvalue weighted by Gasteiger charge is -2.39. The summed E-state index contributed by atoms with van der Waals surface area (Å²) in [7, 11) is 4.07. The third-order valence-electron chi connectivity index (χ3n) is 5.30. The summed E-state index contributed by atoms with van der Waals surface area (Å²) in [5.41, 5.74) is 0. The van der Waals surface area contributed by atoms with E-state index in [-0.39, 0.29) is 0 Å². The van der Waals surface area contributed by atoms with Gasteiger partial charge in [0.2, 0.25) is 0 Å². The second-order valence-corrected chi connectivity index (χ2v) is 8.94. The van der Waals surface area contributed by atoms with Crippen molar-refractivity contribution >= 4 is 23.0 Å². The van der Waals surface area contributed by atoms with Gasteiger partial charge in [-0.05, 0) is 32.6 Å². The Hall–Kier alpha value is -1.73. The normalized spacial score (nSPS) is 18.9. The minimum absolute atomic E-state index is 0.590. The van der Waals surface area contributed by atoms with Gasteiger partial charge in [0.05, 0.1) is 5.01 Å². The average Bonchev–Trinajstić information content (AvgIpc) is 3.39. The van der Waals surface area contributed by atoms with Crippen LogP contribution in [0.1, 0.15) is 35.6 Å². The third-order valence-corrected chi connectivity index (χ3v) is 6.20. The topological polar surface area (TPSA) is 48.4 Å². The molecule has 0 spiro atoms. The fourth-order valence-electron chi connectivity index (χ4n) is 3.80. The Morgan fingerprint density at radius 1 is 1.04 bits per heavy atom. The SMILES string of the molecule is Cc1ncc(CN2CCC(N(c3cc(N(C)C)ncn3)C3CC3)CC2)s1. The van der Waals surface area contributed by atoms with Gasteiger partial charge in [-0.1, -0.05) is 0 Å². The maximum Gasteiger partial charge on any atom is 0.134 e. The van der Waals surface area contributed by atoms with E-state index in [0.29, 0.717) is 12.1 Å². The fourth-order valence-corrected chi connectivity index (χ4v) is 4.64. The first-order chi connectivity index (χ1) is 12.6. The van der Waals surface area contributed by atoms with Crippen molar-refractivity contribution in [2.24, 2.45) is 0 Å². The highest BCUT2D eigenvalue weighted by molar-refractivity contribution is 7.11. The van der Waals surface area contributed by atoms with Crippen LogP contribution >= 0.6 is 11.3 Å². The zero-order chi connectivity index (χ0) is 18.1. The molecule has 7 heteroatoms. The summed E-state index contributed by atoms with van der Waals surface area (Å²) < 4.78 is 0. The summed E-state index contributed by atoms with van der Waals surface area (Å²) in [6.07, 6.45) is 8.74. The molecule has 0 radical (unpaired) electrons. The van der Waals surface area contributed by atoms with Crippen molar-refractivity contribution in [3.05, 3.63) is 28.5 Å². The van der Waals surface area contributed by atoms with Crippen molar-refractivity contribution < 1.29 is 0 Å². The molecular formula is C19H28N6S. The molecule has 4 rings (SSSR count). The molecule has 0 aromatic carbocycles. The minimum atomic E-state index is 0.590. The van der Waals surface area contributed by atoms with Gasteiger partial charge in [0.1, 0.15) is 18.0 Å². The molecular weight excluding hydrogens is 344 g/mol. The van der Waals surface area contributed by atoms with E-state index in [9.17, 15) is 0 Å². The molecule has 0 unspecified atom stereocenters. The molecule has 1 saturated carbocycles. The van der Waals surface area contributed by atoms with Gasteiger partial charge in [-0.15, -0.1) is 11.3 Å². The Bertz CT molecular complexity index is 733. The minimum Gasteiger partial charge on any atom is -0.363 e. The van der Waals surface area contributed by atoms with Crippen LogP contribution in [0.3, 0.4) is 0 Å². The van der Waals surface area contributed by atoms with Crippen LogP contribution in [0.4, 0.5) is 11.6 Å². The van der Waals surface area contributed by atoms with Crippen LogP contribution in [-0.2, 0) is 6.54 Å². The van der Waals surface area contributed by atoms with Gasteiger partial charge in [-0.3, -0.25) is 4.90 Å². The maximum absolute atomic E-state index is 4.62. The van der Waals surface area contributed by atoms with Gasteiger partial charge in [-0.25, -0.2) is 15.0 Å². The van der Waals surface area contributed by atoms with Crippen LogP contribution in [0.5, 0.6) is 0 Å². The molecule has 140 valence electrons. The molecule has 2 aromatic rings. The zero-order valence-electron chi connectivity index (χ0n) is 15.9. The fraction of sp³-hybridized carbons (Fsp3) is 0.632. The highest BCUT2D eigenvalue weighted by atomic mass is 32.1. The summed E-state index contributed by atoms with van der Waals surface area (Å²) in [5, 5.41) is 1.16. The molecule has 2 aliphatic rings. The number of nitrogens with zero attached hydrogens (tertiary/aromatic N) is 6. The number of thiazole rings is 1. The predicted molar refractivity (Wildman–Crippen MR) is 107 cm³/mol. The van der Waals surface area contributed by atoms with E-state index in [1.165, 1.54) is 30.6 Å². The summed E-state index contributed by atoms with van der Waals surface area (Å²) in [4.78, 5) is 22.0. The van der Waals surface area contributed by atoms with Crippen molar-refractivity contribution in [1.82, 2.24) is 19.9 Å². The molecule has 0 bridgehead atoms. The van der Waals surface area contributed by atoms with Crippen LogP contribution in [0.25, 0.3) is 0 Å². The van der Waals surface area contributed by atoms with Gasteiger partial charge in [0.25, 0.3) is 0 Å². The van der Waals surface area contributed by atoms with Crippen molar-refractivity contribution in [3.8, 4) is 0 Å². The Labute approximate surface area is 159 Å². The van der Waals surface area contributed by atoms with Crippen LogP contribution < -0.4 is 9.80 Å². The van der Waals surface area contributed by atoms with E-state index in [1.807, 2.05) is 31.6 Å². The first-order valence-electron chi connectivity index (χ1n) is 9.51. The molecule has 0 atom stereocenters. The van der Waals surface area contributed by atoms with Crippen LogP contribution in [0.15, 0.2) is 18.6 Å². The quantitative estimate of drug-likeness (QED) is 0.777. The number of piperidine rings is 1. The van der Waals surface area contributed by atoms with Gasteiger partial charge in [0, 0.05) is 63.0 Å². The second kappa shape index (κ2) is 7.48. The highest BCUT2D eigenvalue weighted by Crippen LogP contribution is 2.36. The molecule has 3 heterocycles. The molecule has 0 amide bonds. The first kappa shape index (κ1) is 17.7. The molecule has 1 aliphatic heterocycles. The summed E-state index contributed by atoms with van der Waals surface area (Å²) >= 11 is 1.82. The molecule has 1 saturated heterocycles. The lowest BCUT2D eigenvalue weighted by atomic mass is 10.0. The second-order valence-electron chi connectivity index (χ2n) is 7.62. The van der Waals surface area contributed by atoms with Crippen molar-refractivity contribution in [2.75, 3.05) is 37.0 Å². The number of likely N-dealkylation sites (tertiary alicyclic amines) is 1. The standard InChI is InChI=1S/C19H28N6S/c1-14-20-11-17(26-14)12-24-8-6-16(7-9-24)25(15-4-5-15)19-10-18(23(2)3)21-13-22-19/h10-11,13,15-16H,4-9,12H2,1-3H3. The summed E-state index contributed by atoms with van der Waals surface area (Å²) in [6, 6.07) is 3.40. The Kier molecular flexibility index (Phi) is 5.09. The average molecular weight is 373 g/mol. The summed E-state index contributed by atoms with van der Waals surface area (Å²) in [5.74, 6) is 2.08. The number of hydrogen-bond acceptors (Lipinski definition) is 7. The smallest absolute Gasteiger partial charge is 0.134 e. The van der Waals surface area contributed by atoms with Crippen LogP contribution in [-0.4, -0.2) is 59.1 Å². The first-order valence-corrected chi connectivity index (χ1v) is 10.3. The number of hydrogen-bond donors (Lipinski definition) is 0. The highest BCUT2D eigenvalue weighted by Gasteiger charge is 2.36. The monoisotopic (exact) mass is 372 g/mol. The number of aromatic nitrogens is 3. The van der Waals surface area contributed by atoms with Crippen LogP contribution in [0.2, 0.25) is 0 Å². The third kappa shape index (κ3) is 3.99. The predicted octanol–water partition coefficient (Wildman–Crippen LogP) is 2.94. The van der Waals surface area contributed by atoms with E-state index in [4.69, 9.17) is 0 Å². The van der Waals surface area contributed by atoms with Gasteiger partial charge < -0.3 is 9.80 Å². The van der Waals surface area contributed by atoms with Gasteiger partial charge in [-0.2, -0.15) is 0 Å². The lowest BCUT2D eigenvalue weighted by molar-refractivity contribution is 0.202. The Morgan fingerprint density at radius 2 is 1.73 bits per heavy atom. The van der Waals surface area contributed by atoms with Gasteiger partial charge >= 0.3 is 0 Å². The zero-order valence-corrected chi connectivity index (χ0v) is 16.7. The van der Waals surface area contributed by atoms with E-state index in [0.717, 1.165) is 36.3 Å². The van der Waals surface area contributed by atoms with Crippen molar-refractivity contribution in [3.63, 3.8) is 0 Å². The molecule has 26 heavy (non-hydrogen) atoms. The Morgan fingerprint density at radius 3 is 2.35 bits per heavy atom. The van der Waals surface area contributed by atoms with E-state index < -0.39 is 0 Å². The van der Waals surface area contributed by atoms with Crippen molar-refractivity contribution in [2.45, 2.75) is 51.2 Å². The molecule has 1 aliphatic carbocycles. The van der Waals surface area contributed by atoms with Gasteiger partial charge in [0.15, 0.2) is 0 Å². The Balaban J connectivity index is 1.42. The number of anilines is 2. The van der Waals surface area contributed by atoms with Crippen LogP contribution in [0, 0.1) is 6.92 Å². The number of rotatable bonds is 6. The van der Waals surface area contributed by atoms with Crippen molar-refractivity contribution in [1.29, 1.82) is 0 Å². The molecule has 2 fully saturated rings. The van der Waals surface area contributed by atoms with E-state index in [1.54, 1.807) is 6.33 Å². The molecule has 2 aromatic heterocycles. The number of aryl methyl sites for hydroxylation is 1. The van der Waals surface area contributed by atoms with E-state index >= 15 is 0 Å². The lowest BCUT2D eigenvalue weighted by Crippen LogP contribution is -2.46. The molecule has 0 N–H and O–H groups in total. The maximum atomic E-state index is 4.62. The summed E-state index contributed by atoms with van der Waals surface area (Å²) in [6.45, 7) is 5.42.